The Labute approximate surface area is 212 Å². The van der Waals surface area contributed by atoms with Gasteiger partial charge in [0.05, 0.1) is 17.6 Å². The van der Waals surface area contributed by atoms with Crippen LogP contribution < -0.4 is 15.4 Å². The zero-order valence-electron chi connectivity index (χ0n) is 21.5. The normalized spacial score (nSPS) is 11.6. The van der Waals surface area contributed by atoms with Gasteiger partial charge < -0.3 is 14.6 Å². The molecule has 0 aliphatic carbocycles. The van der Waals surface area contributed by atoms with Crippen LogP contribution in [0, 0.1) is 0 Å². The molecule has 2 heterocycles. The van der Waals surface area contributed by atoms with Crippen molar-refractivity contribution in [2.24, 2.45) is 0 Å². The van der Waals surface area contributed by atoms with Crippen molar-refractivity contribution >= 4 is 28.6 Å². The molecule has 2 aromatic heterocycles. The number of benzene rings is 2. The quantitative estimate of drug-likeness (QED) is 0.228. The first kappa shape index (κ1) is 25.3. The fourth-order valence-electron chi connectivity index (χ4n) is 3.86. The van der Waals surface area contributed by atoms with Crippen LogP contribution in [-0.4, -0.2) is 27.3 Å². The lowest BCUT2D eigenvalue weighted by molar-refractivity contribution is 0.262. The summed E-state index contributed by atoms with van der Waals surface area (Å²) in [6, 6.07) is 14.9. The van der Waals surface area contributed by atoms with E-state index in [4.69, 9.17) is 9.26 Å². The standard InChI is InChI=1S/C28H35N5O3/c1-5-6-7-8-9-16-35-22-14-15-24-23(17-22)29-19-33(24)21-12-10-20(11-13-21)30-27(34)31-26-18-25(36-32-26)28(2,3)4/h10-15,17-19H,5-9,16H2,1-4H3,(H2,30,31,32,34). The van der Waals surface area contributed by atoms with Crippen molar-refractivity contribution in [3.8, 4) is 11.4 Å². The minimum Gasteiger partial charge on any atom is -0.494 e. The molecule has 0 spiro atoms. The van der Waals surface area contributed by atoms with Crippen LogP contribution >= 0.6 is 0 Å². The summed E-state index contributed by atoms with van der Waals surface area (Å²) < 4.78 is 13.2. The van der Waals surface area contributed by atoms with Crippen molar-refractivity contribution in [2.75, 3.05) is 17.2 Å². The van der Waals surface area contributed by atoms with Gasteiger partial charge in [0.2, 0.25) is 0 Å². The fraction of sp³-hybridized carbons (Fsp3) is 0.393. The number of hydrogen-bond donors (Lipinski definition) is 2. The predicted octanol–water partition coefficient (Wildman–Crippen LogP) is 7.30. The van der Waals surface area contributed by atoms with Gasteiger partial charge in [-0.2, -0.15) is 0 Å². The molecule has 2 amide bonds. The summed E-state index contributed by atoms with van der Waals surface area (Å²) in [6.45, 7) is 9.01. The van der Waals surface area contributed by atoms with E-state index in [9.17, 15) is 4.79 Å². The number of aromatic nitrogens is 3. The molecule has 0 fully saturated rings. The van der Waals surface area contributed by atoms with Crippen molar-refractivity contribution in [2.45, 2.75) is 65.2 Å². The van der Waals surface area contributed by atoms with Crippen LogP contribution in [0.25, 0.3) is 16.7 Å². The predicted molar refractivity (Wildman–Crippen MR) is 143 cm³/mol. The molecule has 0 bridgehead atoms. The third-order valence-corrected chi connectivity index (χ3v) is 5.93. The molecule has 8 heteroatoms. The molecule has 0 aliphatic rings. The van der Waals surface area contributed by atoms with Gasteiger partial charge in [-0.25, -0.2) is 9.78 Å². The van der Waals surface area contributed by atoms with E-state index in [-0.39, 0.29) is 11.4 Å². The van der Waals surface area contributed by atoms with E-state index in [0.717, 1.165) is 35.5 Å². The maximum atomic E-state index is 12.4. The average molecular weight is 490 g/mol. The molecular weight excluding hydrogens is 454 g/mol. The van der Waals surface area contributed by atoms with Gasteiger partial charge in [0, 0.05) is 28.9 Å². The SMILES string of the molecule is CCCCCCCOc1ccc2c(c1)ncn2-c1ccc(NC(=O)Nc2cc(C(C)(C)C)on2)cc1. The van der Waals surface area contributed by atoms with Crippen molar-refractivity contribution < 1.29 is 14.1 Å². The summed E-state index contributed by atoms with van der Waals surface area (Å²) in [5, 5.41) is 9.43. The highest BCUT2D eigenvalue weighted by Crippen LogP contribution is 2.25. The summed E-state index contributed by atoms with van der Waals surface area (Å²) in [5.74, 6) is 1.92. The van der Waals surface area contributed by atoms with Crippen molar-refractivity contribution in [3.63, 3.8) is 0 Å². The number of anilines is 2. The van der Waals surface area contributed by atoms with Gasteiger partial charge >= 0.3 is 6.03 Å². The van der Waals surface area contributed by atoms with Crippen molar-refractivity contribution in [1.29, 1.82) is 0 Å². The number of imidazole rings is 1. The van der Waals surface area contributed by atoms with Crippen molar-refractivity contribution in [1.82, 2.24) is 14.7 Å². The maximum absolute atomic E-state index is 12.4. The molecule has 8 nitrogen and oxygen atoms in total. The minimum absolute atomic E-state index is 0.181. The monoisotopic (exact) mass is 489 g/mol. The highest BCUT2D eigenvalue weighted by Gasteiger charge is 2.20. The van der Waals surface area contributed by atoms with E-state index in [1.54, 1.807) is 12.4 Å². The topological polar surface area (TPSA) is 94.2 Å². The fourth-order valence-corrected chi connectivity index (χ4v) is 3.86. The Morgan fingerprint density at radius 3 is 2.50 bits per heavy atom. The highest BCUT2D eigenvalue weighted by atomic mass is 16.5. The van der Waals surface area contributed by atoms with Gasteiger partial charge in [-0.1, -0.05) is 58.5 Å². The van der Waals surface area contributed by atoms with Crippen LogP contribution in [0.3, 0.4) is 0 Å². The van der Waals surface area contributed by atoms with Gasteiger partial charge in [0.1, 0.15) is 17.8 Å². The molecule has 0 unspecified atom stereocenters. The Hall–Kier alpha value is -3.81. The van der Waals surface area contributed by atoms with E-state index in [1.165, 1.54) is 25.7 Å². The number of ether oxygens (including phenoxy) is 1. The lowest BCUT2D eigenvalue weighted by atomic mass is 9.93. The molecule has 0 radical (unpaired) electrons. The summed E-state index contributed by atoms with van der Waals surface area (Å²) in [7, 11) is 0. The van der Waals surface area contributed by atoms with E-state index < -0.39 is 0 Å². The molecule has 4 aromatic rings. The average Bonchev–Trinajstić information content (AvgIpc) is 3.49. The van der Waals surface area contributed by atoms with E-state index >= 15 is 0 Å². The molecule has 0 aliphatic heterocycles. The second kappa shape index (κ2) is 11.3. The van der Waals surface area contributed by atoms with Gasteiger partial charge in [0.15, 0.2) is 5.82 Å². The lowest BCUT2D eigenvalue weighted by Crippen LogP contribution is -2.19. The Bertz CT molecular complexity index is 1280. The van der Waals surface area contributed by atoms with Crippen molar-refractivity contribution in [3.05, 3.63) is 60.6 Å². The van der Waals surface area contributed by atoms with Gasteiger partial charge in [-0.15, -0.1) is 0 Å². The third kappa shape index (κ3) is 6.44. The number of fused-ring (bicyclic) bond motifs is 1. The number of carbonyl (C=O) groups is 1. The minimum atomic E-state index is -0.387. The van der Waals surface area contributed by atoms with Crippen LogP contribution in [0.5, 0.6) is 5.75 Å². The summed E-state index contributed by atoms with van der Waals surface area (Å²) in [6.07, 6.45) is 7.87. The Morgan fingerprint density at radius 2 is 1.78 bits per heavy atom. The third-order valence-electron chi connectivity index (χ3n) is 5.93. The molecule has 2 N–H and O–H groups in total. The lowest BCUT2D eigenvalue weighted by Gasteiger charge is -2.12. The second-order valence-corrected chi connectivity index (χ2v) is 9.98. The van der Waals surface area contributed by atoms with Crippen LogP contribution in [0.1, 0.15) is 65.6 Å². The number of rotatable bonds is 10. The molecular formula is C28H35N5O3. The molecule has 190 valence electrons. The molecule has 2 aromatic carbocycles. The first-order valence-electron chi connectivity index (χ1n) is 12.6. The summed E-state index contributed by atoms with van der Waals surface area (Å²) in [5.41, 5.74) is 3.29. The Morgan fingerprint density at radius 1 is 1.00 bits per heavy atom. The number of hydrogen-bond acceptors (Lipinski definition) is 5. The first-order chi connectivity index (χ1) is 17.3. The maximum Gasteiger partial charge on any atom is 0.324 e. The van der Waals surface area contributed by atoms with Crippen LogP contribution in [0.4, 0.5) is 16.3 Å². The van der Waals surface area contributed by atoms with E-state index in [1.807, 2.05) is 67.8 Å². The number of urea groups is 1. The van der Waals surface area contributed by atoms with Gasteiger partial charge in [-0.05, 0) is 42.8 Å². The molecule has 0 saturated heterocycles. The van der Waals surface area contributed by atoms with Crippen LogP contribution in [0.2, 0.25) is 0 Å². The summed E-state index contributed by atoms with van der Waals surface area (Å²) in [4.78, 5) is 16.9. The molecule has 4 rings (SSSR count). The molecule has 0 atom stereocenters. The smallest absolute Gasteiger partial charge is 0.324 e. The first-order valence-corrected chi connectivity index (χ1v) is 12.6. The Kier molecular flexibility index (Phi) is 7.93. The number of carbonyl (C=O) groups excluding carboxylic acids is 1. The molecule has 0 saturated carbocycles. The van der Waals surface area contributed by atoms with Gasteiger partial charge in [-0.3, -0.25) is 9.88 Å². The number of amides is 2. The second-order valence-electron chi connectivity index (χ2n) is 9.98. The largest absolute Gasteiger partial charge is 0.494 e. The highest BCUT2D eigenvalue weighted by molar-refractivity contribution is 5.99. The van der Waals surface area contributed by atoms with E-state index in [0.29, 0.717) is 17.3 Å². The van der Waals surface area contributed by atoms with Crippen LogP contribution in [-0.2, 0) is 5.41 Å². The van der Waals surface area contributed by atoms with Crippen LogP contribution in [0.15, 0.2) is 59.4 Å². The Balaban J connectivity index is 1.34. The molecule has 36 heavy (non-hydrogen) atoms. The van der Waals surface area contributed by atoms with E-state index in [2.05, 4.69) is 27.7 Å². The zero-order chi connectivity index (χ0) is 25.5. The number of nitrogens with zero attached hydrogens (tertiary/aromatic N) is 3. The van der Waals surface area contributed by atoms with Gasteiger partial charge in [0.25, 0.3) is 0 Å². The zero-order valence-corrected chi connectivity index (χ0v) is 21.5. The number of nitrogens with one attached hydrogen (secondary N) is 2. The summed E-state index contributed by atoms with van der Waals surface area (Å²) >= 11 is 0. The number of unbranched alkanes of at least 4 members (excludes halogenated alkanes) is 4.